The average Bonchev–Trinajstić information content (AvgIpc) is 2.92. The molecule has 134 valence electrons. The minimum atomic E-state index is -0.456. The number of nitrogens with zero attached hydrogens (tertiary/aromatic N) is 1. The molecule has 1 heterocycles. The van der Waals surface area contributed by atoms with Gasteiger partial charge in [0.05, 0.1) is 19.4 Å². The Labute approximate surface area is 155 Å². The van der Waals surface area contributed by atoms with Gasteiger partial charge in [-0.2, -0.15) is 0 Å². The smallest absolute Gasteiger partial charge is 0.350 e. The maximum absolute atomic E-state index is 12.0. The van der Waals surface area contributed by atoms with Gasteiger partial charge in [-0.15, -0.1) is 0 Å². The predicted molar refractivity (Wildman–Crippen MR) is 97.7 cm³/mol. The zero-order valence-electron chi connectivity index (χ0n) is 14.2. The molecule has 2 rings (SSSR count). The van der Waals surface area contributed by atoms with Gasteiger partial charge in [0.25, 0.3) is 0 Å². The number of carbonyl (C=O) groups is 2. The number of aryl methyl sites for hydroxylation is 2. The molecule has 1 aromatic carbocycles. The zero-order chi connectivity index (χ0) is 18.4. The van der Waals surface area contributed by atoms with Crippen molar-refractivity contribution in [3.05, 3.63) is 39.4 Å². The number of esters is 1. The Balaban J connectivity index is 1.78. The first kappa shape index (κ1) is 19.2. The van der Waals surface area contributed by atoms with Gasteiger partial charge < -0.3 is 14.8 Å². The SMILES string of the molecule is COC(=O)c1sc(NC(=O)CCCOc2ccc(Cl)cc2C)nc1C. The molecule has 0 saturated carbocycles. The Morgan fingerprint density at radius 1 is 1.32 bits per heavy atom. The largest absolute Gasteiger partial charge is 0.493 e. The summed E-state index contributed by atoms with van der Waals surface area (Å²) in [5, 5.41) is 3.74. The minimum Gasteiger partial charge on any atom is -0.493 e. The van der Waals surface area contributed by atoms with Gasteiger partial charge in [0, 0.05) is 11.4 Å². The molecule has 1 amide bonds. The van der Waals surface area contributed by atoms with Gasteiger partial charge in [0.1, 0.15) is 10.6 Å². The third-order valence-corrected chi connectivity index (χ3v) is 4.64. The fraction of sp³-hybridized carbons (Fsp3) is 0.353. The van der Waals surface area contributed by atoms with Crippen molar-refractivity contribution in [1.29, 1.82) is 0 Å². The maximum Gasteiger partial charge on any atom is 0.350 e. The quantitative estimate of drug-likeness (QED) is 0.578. The van der Waals surface area contributed by atoms with Crippen LogP contribution < -0.4 is 10.1 Å². The van der Waals surface area contributed by atoms with Crippen molar-refractivity contribution in [3.63, 3.8) is 0 Å². The number of halogens is 1. The molecule has 0 aliphatic rings. The van der Waals surface area contributed by atoms with Crippen LogP contribution in [-0.4, -0.2) is 30.6 Å². The minimum absolute atomic E-state index is 0.179. The van der Waals surface area contributed by atoms with Crippen molar-refractivity contribution in [2.75, 3.05) is 19.0 Å². The maximum atomic E-state index is 12.0. The number of anilines is 1. The highest BCUT2D eigenvalue weighted by atomic mass is 35.5. The lowest BCUT2D eigenvalue weighted by molar-refractivity contribution is -0.116. The highest BCUT2D eigenvalue weighted by molar-refractivity contribution is 7.17. The van der Waals surface area contributed by atoms with Crippen LogP contribution in [0.15, 0.2) is 18.2 Å². The highest BCUT2D eigenvalue weighted by Crippen LogP contribution is 2.24. The molecule has 0 spiro atoms. The van der Waals surface area contributed by atoms with Crippen LogP contribution in [0.3, 0.4) is 0 Å². The summed E-state index contributed by atoms with van der Waals surface area (Å²) in [6.07, 6.45) is 0.848. The van der Waals surface area contributed by atoms with E-state index in [1.807, 2.05) is 19.1 Å². The standard InChI is InChI=1S/C17H19ClN2O4S/c1-10-9-12(18)6-7-13(10)24-8-4-5-14(21)20-17-19-11(2)15(25-17)16(22)23-3/h6-7,9H,4-5,8H2,1-3H3,(H,19,20,21). The van der Waals surface area contributed by atoms with Gasteiger partial charge in [-0.05, 0) is 44.0 Å². The second-order valence-corrected chi connectivity index (χ2v) is 6.77. The number of amides is 1. The van der Waals surface area contributed by atoms with Gasteiger partial charge in [-0.1, -0.05) is 22.9 Å². The molecule has 8 heteroatoms. The summed E-state index contributed by atoms with van der Waals surface area (Å²) in [5.74, 6) is 0.118. The Morgan fingerprint density at radius 3 is 2.76 bits per heavy atom. The second-order valence-electron chi connectivity index (χ2n) is 5.34. The summed E-state index contributed by atoms with van der Waals surface area (Å²) in [5.41, 5.74) is 1.49. The first-order valence-corrected chi connectivity index (χ1v) is 8.84. The normalized spacial score (nSPS) is 10.4. The van der Waals surface area contributed by atoms with Crippen molar-refractivity contribution in [2.24, 2.45) is 0 Å². The molecule has 2 aromatic rings. The van der Waals surface area contributed by atoms with Gasteiger partial charge in [-0.3, -0.25) is 4.79 Å². The Kier molecular flexibility index (Phi) is 6.78. The van der Waals surface area contributed by atoms with Crippen molar-refractivity contribution >= 4 is 39.9 Å². The van der Waals surface area contributed by atoms with Crippen LogP contribution in [0.5, 0.6) is 5.75 Å². The first-order valence-electron chi connectivity index (χ1n) is 7.65. The third kappa shape index (κ3) is 5.44. The fourth-order valence-corrected chi connectivity index (χ4v) is 3.23. The van der Waals surface area contributed by atoms with Crippen LogP contribution in [0.1, 0.15) is 33.8 Å². The van der Waals surface area contributed by atoms with Gasteiger partial charge in [0.15, 0.2) is 5.13 Å². The van der Waals surface area contributed by atoms with E-state index in [4.69, 9.17) is 16.3 Å². The molecule has 1 aromatic heterocycles. The summed E-state index contributed by atoms with van der Waals surface area (Å²) in [6.45, 7) is 4.03. The summed E-state index contributed by atoms with van der Waals surface area (Å²) in [6, 6.07) is 5.40. The number of hydrogen-bond donors (Lipinski definition) is 1. The fourth-order valence-electron chi connectivity index (χ4n) is 2.10. The number of benzene rings is 1. The number of methoxy groups -OCH3 is 1. The van der Waals surface area contributed by atoms with E-state index in [1.54, 1.807) is 13.0 Å². The van der Waals surface area contributed by atoms with E-state index in [1.165, 1.54) is 7.11 Å². The summed E-state index contributed by atoms with van der Waals surface area (Å²) >= 11 is 6.99. The van der Waals surface area contributed by atoms with E-state index < -0.39 is 5.97 Å². The molecule has 0 unspecified atom stereocenters. The second kappa shape index (κ2) is 8.82. The van der Waals surface area contributed by atoms with Crippen molar-refractivity contribution in [1.82, 2.24) is 4.98 Å². The predicted octanol–water partition coefficient (Wildman–Crippen LogP) is 4.00. The summed E-state index contributed by atoms with van der Waals surface area (Å²) in [7, 11) is 1.31. The first-order chi connectivity index (χ1) is 11.9. The molecule has 0 saturated heterocycles. The van der Waals surface area contributed by atoms with E-state index in [-0.39, 0.29) is 5.91 Å². The van der Waals surface area contributed by atoms with Crippen molar-refractivity contribution < 1.29 is 19.1 Å². The molecule has 0 bridgehead atoms. The van der Waals surface area contributed by atoms with Crippen LogP contribution >= 0.6 is 22.9 Å². The van der Waals surface area contributed by atoms with E-state index in [9.17, 15) is 9.59 Å². The van der Waals surface area contributed by atoms with Crippen LogP contribution in [0.25, 0.3) is 0 Å². The summed E-state index contributed by atoms with van der Waals surface area (Å²) in [4.78, 5) is 28.0. The Morgan fingerprint density at radius 2 is 2.08 bits per heavy atom. The molecular formula is C17H19ClN2O4S. The topological polar surface area (TPSA) is 77.5 Å². The average molecular weight is 383 g/mol. The monoisotopic (exact) mass is 382 g/mol. The third-order valence-electron chi connectivity index (χ3n) is 3.36. The van der Waals surface area contributed by atoms with Crippen molar-refractivity contribution in [3.8, 4) is 5.75 Å². The van der Waals surface area contributed by atoms with E-state index in [0.29, 0.717) is 40.2 Å². The number of nitrogens with one attached hydrogen (secondary N) is 1. The van der Waals surface area contributed by atoms with E-state index >= 15 is 0 Å². The van der Waals surface area contributed by atoms with Gasteiger partial charge >= 0.3 is 5.97 Å². The highest BCUT2D eigenvalue weighted by Gasteiger charge is 2.16. The summed E-state index contributed by atoms with van der Waals surface area (Å²) < 4.78 is 10.3. The number of ether oxygens (including phenoxy) is 2. The number of carbonyl (C=O) groups excluding carboxylic acids is 2. The number of rotatable bonds is 7. The molecule has 0 fully saturated rings. The van der Waals surface area contributed by atoms with Crippen LogP contribution in [0.4, 0.5) is 5.13 Å². The van der Waals surface area contributed by atoms with E-state index in [0.717, 1.165) is 22.6 Å². The molecule has 0 atom stereocenters. The lowest BCUT2D eigenvalue weighted by Crippen LogP contribution is -2.12. The number of thiazole rings is 1. The van der Waals surface area contributed by atoms with Gasteiger partial charge in [-0.25, -0.2) is 9.78 Å². The zero-order valence-corrected chi connectivity index (χ0v) is 15.8. The van der Waals surface area contributed by atoms with E-state index in [2.05, 4.69) is 15.0 Å². The number of hydrogen-bond acceptors (Lipinski definition) is 6. The van der Waals surface area contributed by atoms with Gasteiger partial charge in [0.2, 0.25) is 5.91 Å². The Bertz CT molecular complexity index is 776. The molecular weight excluding hydrogens is 364 g/mol. The molecule has 0 aliphatic carbocycles. The van der Waals surface area contributed by atoms with Crippen LogP contribution in [0.2, 0.25) is 5.02 Å². The molecule has 6 nitrogen and oxygen atoms in total. The van der Waals surface area contributed by atoms with Crippen molar-refractivity contribution in [2.45, 2.75) is 26.7 Å². The number of aromatic nitrogens is 1. The van der Waals surface area contributed by atoms with Crippen LogP contribution in [-0.2, 0) is 9.53 Å². The lowest BCUT2D eigenvalue weighted by Gasteiger charge is -2.09. The molecule has 1 N–H and O–H groups in total. The molecule has 0 aliphatic heterocycles. The molecule has 25 heavy (non-hydrogen) atoms. The Hall–Kier alpha value is -2.12. The lowest BCUT2D eigenvalue weighted by atomic mass is 10.2. The molecule has 0 radical (unpaired) electrons. The van der Waals surface area contributed by atoms with Crippen LogP contribution in [0, 0.1) is 13.8 Å².